The third-order valence-electron chi connectivity index (χ3n) is 3.66. The van der Waals surface area contributed by atoms with Gasteiger partial charge < -0.3 is 10.2 Å². The van der Waals surface area contributed by atoms with Gasteiger partial charge in [0.05, 0.1) is 10.7 Å². The maximum Gasteiger partial charge on any atom is 0.0898 e. The molecule has 3 nitrogen and oxygen atoms in total. The zero-order chi connectivity index (χ0) is 12.3. The maximum absolute atomic E-state index is 4.54. The normalized spacial score (nSPS) is 23.8. The lowest BCUT2D eigenvalue weighted by atomic mass is 10.0. The van der Waals surface area contributed by atoms with Crippen molar-refractivity contribution >= 4 is 11.3 Å². The largest absolute Gasteiger partial charge is 0.307 e. The molecule has 1 fully saturated rings. The summed E-state index contributed by atoms with van der Waals surface area (Å²) in [6.45, 7) is 6.60. The summed E-state index contributed by atoms with van der Waals surface area (Å²) in [7, 11) is 2.24. The molecule has 0 bridgehead atoms. The van der Waals surface area contributed by atoms with Gasteiger partial charge in [-0.1, -0.05) is 6.42 Å². The molecule has 2 atom stereocenters. The van der Waals surface area contributed by atoms with Gasteiger partial charge in [-0.25, -0.2) is 4.98 Å². The van der Waals surface area contributed by atoms with Gasteiger partial charge in [-0.3, -0.25) is 0 Å². The van der Waals surface area contributed by atoms with E-state index in [0.29, 0.717) is 12.1 Å². The quantitative estimate of drug-likeness (QED) is 0.894. The SMILES string of the molecule is Cc1nc(C(C)NCC2CCCCN2C)cs1. The van der Waals surface area contributed by atoms with Gasteiger partial charge in [-0.15, -0.1) is 11.3 Å². The van der Waals surface area contributed by atoms with Crippen molar-refractivity contribution in [3.8, 4) is 0 Å². The van der Waals surface area contributed by atoms with Crippen molar-refractivity contribution < 1.29 is 0 Å². The molecular formula is C13H23N3S. The monoisotopic (exact) mass is 253 g/mol. The van der Waals surface area contributed by atoms with Crippen molar-refractivity contribution in [2.45, 2.75) is 45.2 Å². The molecule has 96 valence electrons. The van der Waals surface area contributed by atoms with Crippen molar-refractivity contribution in [3.63, 3.8) is 0 Å². The van der Waals surface area contributed by atoms with Gasteiger partial charge in [0.15, 0.2) is 0 Å². The van der Waals surface area contributed by atoms with Crippen molar-refractivity contribution in [2.75, 3.05) is 20.1 Å². The van der Waals surface area contributed by atoms with Gasteiger partial charge in [-0.2, -0.15) is 0 Å². The summed E-state index contributed by atoms with van der Waals surface area (Å²) in [5.41, 5.74) is 1.19. The molecule has 0 spiro atoms. The Bertz CT molecular complexity index is 350. The summed E-state index contributed by atoms with van der Waals surface area (Å²) in [6.07, 6.45) is 4.06. The zero-order valence-electron chi connectivity index (χ0n) is 11.1. The minimum Gasteiger partial charge on any atom is -0.307 e. The molecule has 0 aliphatic carbocycles. The number of hydrogen-bond acceptors (Lipinski definition) is 4. The third-order valence-corrected chi connectivity index (χ3v) is 4.45. The highest BCUT2D eigenvalue weighted by Gasteiger charge is 2.19. The lowest BCUT2D eigenvalue weighted by Crippen LogP contribution is -2.43. The van der Waals surface area contributed by atoms with E-state index in [1.165, 1.54) is 31.5 Å². The van der Waals surface area contributed by atoms with Gasteiger partial charge in [-0.05, 0) is 40.3 Å². The van der Waals surface area contributed by atoms with Crippen LogP contribution < -0.4 is 5.32 Å². The molecule has 17 heavy (non-hydrogen) atoms. The Hall–Kier alpha value is -0.450. The van der Waals surface area contributed by atoms with Crippen LogP contribution in [0.1, 0.15) is 42.9 Å². The van der Waals surface area contributed by atoms with Gasteiger partial charge >= 0.3 is 0 Å². The van der Waals surface area contributed by atoms with Crippen LogP contribution in [-0.2, 0) is 0 Å². The fourth-order valence-corrected chi connectivity index (χ4v) is 3.10. The number of likely N-dealkylation sites (tertiary alicyclic amines) is 1. The molecule has 2 unspecified atom stereocenters. The van der Waals surface area contributed by atoms with E-state index in [1.807, 2.05) is 0 Å². The minimum atomic E-state index is 0.371. The summed E-state index contributed by atoms with van der Waals surface area (Å²) < 4.78 is 0. The maximum atomic E-state index is 4.54. The van der Waals surface area contributed by atoms with Crippen LogP contribution in [0.4, 0.5) is 0 Å². The van der Waals surface area contributed by atoms with Gasteiger partial charge in [0.25, 0.3) is 0 Å². The number of rotatable bonds is 4. The Balaban J connectivity index is 1.81. The lowest BCUT2D eigenvalue weighted by molar-refractivity contribution is 0.178. The summed E-state index contributed by atoms with van der Waals surface area (Å²) in [5, 5.41) is 6.94. The third kappa shape index (κ3) is 3.50. The van der Waals surface area contributed by atoms with E-state index in [4.69, 9.17) is 0 Å². The lowest BCUT2D eigenvalue weighted by Gasteiger charge is -2.33. The van der Waals surface area contributed by atoms with Gasteiger partial charge in [0.2, 0.25) is 0 Å². The van der Waals surface area contributed by atoms with E-state index >= 15 is 0 Å². The minimum absolute atomic E-state index is 0.371. The second-order valence-electron chi connectivity index (χ2n) is 5.05. The second-order valence-corrected chi connectivity index (χ2v) is 6.11. The Labute approximate surface area is 108 Å². The predicted molar refractivity (Wildman–Crippen MR) is 73.5 cm³/mol. The average Bonchev–Trinajstić information content (AvgIpc) is 2.74. The fourth-order valence-electron chi connectivity index (χ4n) is 2.40. The van der Waals surface area contributed by atoms with Gasteiger partial charge in [0.1, 0.15) is 0 Å². The molecule has 4 heteroatoms. The highest BCUT2D eigenvalue weighted by molar-refractivity contribution is 7.09. The molecule has 0 aromatic carbocycles. The van der Waals surface area contributed by atoms with E-state index in [2.05, 4.69) is 41.5 Å². The van der Waals surface area contributed by atoms with Crippen LogP contribution in [0, 0.1) is 6.92 Å². The zero-order valence-corrected chi connectivity index (χ0v) is 11.9. The first-order valence-electron chi connectivity index (χ1n) is 6.52. The molecule has 0 amide bonds. The van der Waals surface area contributed by atoms with Crippen LogP contribution in [0.25, 0.3) is 0 Å². The van der Waals surface area contributed by atoms with Gasteiger partial charge in [0, 0.05) is 24.0 Å². The van der Waals surface area contributed by atoms with E-state index in [-0.39, 0.29) is 0 Å². The molecule has 2 heterocycles. The van der Waals surface area contributed by atoms with Crippen molar-refractivity contribution in [2.24, 2.45) is 0 Å². The van der Waals surface area contributed by atoms with E-state index in [1.54, 1.807) is 11.3 Å². The number of piperidine rings is 1. The Morgan fingerprint density at radius 1 is 1.59 bits per heavy atom. The molecule has 1 aliphatic rings. The molecule has 0 radical (unpaired) electrons. The Morgan fingerprint density at radius 2 is 2.41 bits per heavy atom. The standard InChI is InChI=1S/C13H23N3S/c1-10(13-9-17-11(2)15-13)14-8-12-6-4-5-7-16(12)3/h9-10,12,14H,4-8H2,1-3H3. The highest BCUT2D eigenvalue weighted by Crippen LogP contribution is 2.18. The predicted octanol–water partition coefficient (Wildman–Crippen LogP) is 2.59. The number of nitrogens with one attached hydrogen (secondary N) is 1. The average molecular weight is 253 g/mol. The summed E-state index contributed by atoms with van der Waals surface area (Å²) in [6, 6.07) is 1.07. The number of aromatic nitrogens is 1. The Morgan fingerprint density at radius 3 is 3.06 bits per heavy atom. The van der Waals surface area contributed by atoms with E-state index in [0.717, 1.165) is 11.6 Å². The van der Waals surface area contributed by atoms with Crippen molar-refractivity contribution in [1.82, 2.24) is 15.2 Å². The van der Waals surface area contributed by atoms with Crippen LogP contribution in [0.3, 0.4) is 0 Å². The van der Waals surface area contributed by atoms with E-state index < -0.39 is 0 Å². The van der Waals surface area contributed by atoms with Crippen LogP contribution in [0.2, 0.25) is 0 Å². The molecule has 1 N–H and O–H groups in total. The Kier molecular flexibility index (Phi) is 4.54. The number of hydrogen-bond donors (Lipinski definition) is 1. The van der Waals surface area contributed by atoms with Crippen LogP contribution >= 0.6 is 11.3 Å². The smallest absolute Gasteiger partial charge is 0.0898 e. The van der Waals surface area contributed by atoms with Crippen LogP contribution in [0.5, 0.6) is 0 Å². The van der Waals surface area contributed by atoms with Crippen LogP contribution in [-0.4, -0.2) is 36.1 Å². The van der Waals surface area contributed by atoms with Crippen molar-refractivity contribution in [1.29, 1.82) is 0 Å². The molecule has 1 aliphatic heterocycles. The molecular weight excluding hydrogens is 230 g/mol. The molecule has 0 saturated carbocycles. The summed E-state index contributed by atoms with van der Waals surface area (Å²) in [4.78, 5) is 7.02. The van der Waals surface area contributed by atoms with E-state index in [9.17, 15) is 0 Å². The summed E-state index contributed by atoms with van der Waals surface area (Å²) >= 11 is 1.73. The van der Waals surface area contributed by atoms with Crippen LogP contribution in [0.15, 0.2) is 5.38 Å². The first-order chi connectivity index (χ1) is 8.16. The first-order valence-corrected chi connectivity index (χ1v) is 7.40. The number of aryl methyl sites for hydroxylation is 1. The highest BCUT2D eigenvalue weighted by atomic mass is 32.1. The number of nitrogens with zero attached hydrogens (tertiary/aromatic N) is 2. The fraction of sp³-hybridized carbons (Fsp3) is 0.769. The molecule has 1 aromatic rings. The topological polar surface area (TPSA) is 28.2 Å². The number of thiazole rings is 1. The first kappa shape index (κ1) is 13.0. The molecule has 1 saturated heterocycles. The number of likely N-dealkylation sites (N-methyl/N-ethyl adjacent to an activating group) is 1. The van der Waals surface area contributed by atoms with Crippen molar-refractivity contribution in [3.05, 3.63) is 16.1 Å². The molecule has 1 aromatic heterocycles. The second kappa shape index (κ2) is 5.94. The summed E-state index contributed by atoms with van der Waals surface area (Å²) in [5.74, 6) is 0. The molecule has 2 rings (SSSR count).